The molecule has 0 aliphatic rings. The van der Waals surface area contributed by atoms with Crippen LogP contribution in [0.2, 0.25) is 0 Å². The highest BCUT2D eigenvalue weighted by Gasteiger charge is 1.98. The maximum absolute atomic E-state index is 3.49. The fourth-order valence-electron chi connectivity index (χ4n) is 1.55. The summed E-state index contributed by atoms with van der Waals surface area (Å²) in [7, 11) is 6.42. The standard InChI is InChI=1S/C13H25N3S/c1-15(2)9-10-16(3)8-7-14-6-4-13-5-11-17-12-13/h5,11-12,14H,4,6-10H2,1-3H3. The van der Waals surface area contributed by atoms with Gasteiger partial charge in [-0.1, -0.05) is 0 Å². The molecule has 0 bridgehead atoms. The maximum atomic E-state index is 3.49. The molecule has 0 aliphatic carbocycles. The van der Waals surface area contributed by atoms with E-state index in [4.69, 9.17) is 0 Å². The van der Waals surface area contributed by atoms with Crippen molar-refractivity contribution in [2.24, 2.45) is 0 Å². The molecule has 0 saturated carbocycles. The van der Waals surface area contributed by atoms with E-state index in [0.717, 1.165) is 39.1 Å². The van der Waals surface area contributed by atoms with Crippen molar-refractivity contribution in [1.29, 1.82) is 0 Å². The Kier molecular flexibility index (Phi) is 7.44. The van der Waals surface area contributed by atoms with E-state index < -0.39 is 0 Å². The van der Waals surface area contributed by atoms with Crippen molar-refractivity contribution in [3.8, 4) is 0 Å². The predicted octanol–water partition coefficient (Wildman–Crippen LogP) is 1.37. The van der Waals surface area contributed by atoms with Gasteiger partial charge in [0.05, 0.1) is 0 Å². The second-order valence-electron chi connectivity index (χ2n) is 4.74. The third-order valence-corrected chi connectivity index (χ3v) is 3.50. The average Bonchev–Trinajstić information content (AvgIpc) is 2.79. The van der Waals surface area contributed by atoms with Gasteiger partial charge >= 0.3 is 0 Å². The molecule has 0 atom stereocenters. The van der Waals surface area contributed by atoms with Gasteiger partial charge in [-0.2, -0.15) is 11.3 Å². The van der Waals surface area contributed by atoms with Crippen LogP contribution in [0.4, 0.5) is 0 Å². The van der Waals surface area contributed by atoms with E-state index in [-0.39, 0.29) is 0 Å². The topological polar surface area (TPSA) is 18.5 Å². The molecule has 1 aromatic heterocycles. The number of thiophene rings is 1. The zero-order valence-corrected chi connectivity index (χ0v) is 12.1. The molecular weight excluding hydrogens is 230 g/mol. The molecular formula is C13H25N3S. The van der Waals surface area contributed by atoms with Crippen LogP contribution in [0.1, 0.15) is 5.56 Å². The summed E-state index contributed by atoms with van der Waals surface area (Å²) in [6.45, 7) is 5.55. The Balaban J connectivity index is 1.93. The molecule has 0 aromatic carbocycles. The maximum Gasteiger partial charge on any atom is 0.0107 e. The molecule has 0 radical (unpaired) electrons. The lowest BCUT2D eigenvalue weighted by Gasteiger charge is -2.19. The normalized spacial score (nSPS) is 11.6. The van der Waals surface area contributed by atoms with Gasteiger partial charge in [-0.05, 0) is 56.5 Å². The van der Waals surface area contributed by atoms with Crippen LogP contribution < -0.4 is 5.32 Å². The van der Waals surface area contributed by atoms with Crippen LogP contribution in [-0.4, -0.2) is 63.7 Å². The van der Waals surface area contributed by atoms with Crippen LogP contribution in [0.25, 0.3) is 0 Å². The molecule has 0 spiro atoms. The molecule has 0 saturated heterocycles. The summed E-state index contributed by atoms with van der Waals surface area (Å²) >= 11 is 1.78. The number of rotatable bonds is 9. The first kappa shape index (κ1) is 14.6. The van der Waals surface area contributed by atoms with Gasteiger partial charge in [-0.15, -0.1) is 0 Å². The Bertz CT molecular complexity index is 272. The van der Waals surface area contributed by atoms with E-state index in [1.54, 1.807) is 11.3 Å². The zero-order chi connectivity index (χ0) is 12.5. The van der Waals surface area contributed by atoms with Crippen molar-refractivity contribution in [3.05, 3.63) is 22.4 Å². The van der Waals surface area contributed by atoms with Crippen LogP contribution in [0.3, 0.4) is 0 Å². The second-order valence-corrected chi connectivity index (χ2v) is 5.52. The van der Waals surface area contributed by atoms with Crippen molar-refractivity contribution in [1.82, 2.24) is 15.1 Å². The molecule has 1 heterocycles. The van der Waals surface area contributed by atoms with Gasteiger partial charge < -0.3 is 15.1 Å². The third kappa shape index (κ3) is 7.49. The van der Waals surface area contributed by atoms with Gasteiger partial charge in [0.25, 0.3) is 0 Å². The lowest BCUT2D eigenvalue weighted by atomic mass is 10.2. The summed E-state index contributed by atoms with van der Waals surface area (Å²) in [5, 5.41) is 7.86. The fraction of sp³-hybridized carbons (Fsp3) is 0.692. The van der Waals surface area contributed by atoms with Crippen LogP contribution in [0.15, 0.2) is 16.8 Å². The molecule has 0 fully saturated rings. The van der Waals surface area contributed by atoms with Crippen LogP contribution in [-0.2, 0) is 6.42 Å². The van der Waals surface area contributed by atoms with Gasteiger partial charge in [0.15, 0.2) is 0 Å². The minimum atomic E-state index is 1.08. The Morgan fingerprint density at radius 3 is 2.59 bits per heavy atom. The SMILES string of the molecule is CN(C)CCN(C)CCNCCc1ccsc1. The van der Waals surface area contributed by atoms with Crippen LogP contribution in [0, 0.1) is 0 Å². The van der Waals surface area contributed by atoms with Crippen molar-refractivity contribution in [3.63, 3.8) is 0 Å². The molecule has 1 N–H and O–H groups in total. The minimum Gasteiger partial charge on any atom is -0.315 e. The van der Waals surface area contributed by atoms with Crippen LogP contribution in [0.5, 0.6) is 0 Å². The second kappa shape index (κ2) is 8.64. The van der Waals surface area contributed by atoms with Gasteiger partial charge in [-0.25, -0.2) is 0 Å². The lowest BCUT2D eigenvalue weighted by molar-refractivity contribution is 0.282. The average molecular weight is 255 g/mol. The van der Waals surface area contributed by atoms with E-state index in [1.165, 1.54) is 5.56 Å². The predicted molar refractivity (Wildman–Crippen MR) is 76.9 cm³/mol. The van der Waals surface area contributed by atoms with E-state index in [9.17, 15) is 0 Å². The molecule has 98 valence electrons. The summed E-state index contributed by atoms with van der Waals surface area (Å²) in [5.41, 5.74) is 1.45. The van der Waals surface area contributed by atoms with Crippen molar-refractivity contribution in [2.45, 2.75) is 6.42 Å². The molecule has 17 heavy (non-hydrogen) atoms. The summed E-state index contributed by atoms with van der Waals surface area (Å²) in [6.07, 6.45) is 1.14. The van der Waals surface area contributed by atoms with Gasteiger partial charge in [0.1, 0.15) is 0 Å². The fourth-order valence-corrected chi connectivity index (χ4v) is 2.25. The van der Waals surface area contributed by atoms with Gasteiger partial charge in [0, 0.05) is 26.2 Å². The first-order valence-electron chi connectivity index (χ1n) is 6.23. The monoisotopic (exact) mass is 255 g/mol. The first-order valence-corrected chi connectivity index (χ1v) is 7.18. The number of hydrogen-bond acceptors (Lipinski definition) is 4. The first-order chi connectivity index (χ1) is 8.18. The van der Waals surface area contributed by atoms with E-state index in [1.807, 2.05) is 0 Å². The quantitative estimate of drug-likeness (QED) is 0.673. The van der Waals surface area contributed by atoms with Crippen LogP contribution >= 0.6 is 11.3 Å². The van der Waals surface area contributed by atoms with E-state index in [0.29, 0.717) is 0 Å². The third-order valence-electron chi connectivity index (χ3n) is 2.77. The highest BCUT2D eigenvalue weighted by molar-refractivity contribution is 7.07. The summed E-state index contributed by atoms with van der Waals surface area (Å²) in [4.78, 5) is 4.60. The lowest BCUT2D eigenvalue weighted by Crippen LogP contribution is -2.34. The van der Waals surface area contributed by atoms with Crippen molar-refractivity contribution < 1.29 is 0 Å². The van der Waals surface area contributed by atoms with E-state index in [2.05, 4.69) is 53.1 Å². The smallest absolute Gasteiger partial charge is 0.0107 e. The Morgan fingerprint density at radius 2 is 1.94 bits per heavy atom. The molecule has 0 unspecified atom stereocenters. The summed E-state index contributed by atoms with van der Waals surface area (Å²) in [6, 6.07) is 2.20. The Morgan fingerprint density at radius 1 is 1.12 bits per heavy atom. The number of nitrogens with zero attached hydrogens (tertiary/aromatic N) is 2. The molecule has 3 nitrogen and oxygen atoms in total. The van der Waals surface area contributed by atoms with Gasteiger partial charge in [0.2, 0.25) is 0 Å². The van der Waals surface area contributed by atoms with Crippen molar-refractivity contribution >= 4 is 11.3 Å². The highest BCUT2D eigenvalue weighted by atomic mass is 32.1. The van der Waals surface area contributed by atoms with Crippen molar-refractivity contribution in [2.75, 3.05) is 53.9 Å². The minimum absolute atomic E-state index is 1.08. The number of nitrogens with one attached hydrogen (secondary N) is 1. The largest absolute Gasteiger partial charge is 0.315 e. The molecule has 1 rings (SSSR count). The number of likely N-dealkylation sites (N-methyl/N-ethyl adjacent to an activating group) is 2. The molecule has 4 heteroatoms. The Hall–Kier alpha value is -0.420. The number of hydrogen-bond donors (Lipinski definition) is 1. The molecule has 0 aliphatic heterocycles. The summed E-state index contributed by atoms with van der Waals surface area (Å²) < 4.78 is 0. The molecule has 0 amide bonds. The Labute approximate surface area is 109 Å². The summed E-state index contributed by atoms with van der Waals surface area (Å²) in [5.74, 6) is 0. The van der Waals surface area contributed by atoms with Gasteiger partial charge in [-0.3, -0.25) is 0 Å². The molecule has 1 aromatic rings. The zero-order valence-electron chi connectivity index (χ0n) is 11.3. The van der Waals surface area contributed by atoms with E-state index >= 15 is 0 Å². The highest BCUT2D eigenvalue weighted by Crippen LogP contribution is 2.05.